The summed E-state index contributed by atoms with van der Waals surface area (Å²) in [7, 11) is 0. The minimum atomic E-state index is -0.364. The van der Waals surface area contributed by atoms with E-state index in [9.17, 15) is 9.59 Å². The molecule has 0 spiro atoms. The molecule has 1 atom stereocenters. The Morgan fingerprint density at radius 3 is 2.65 bits per heavy atom. The molecule has 0 bridgehead atoms. The van der Waals surface area contributed by atoms with Crippen molar-refractivity contribution >= 4 is 29.1 Å². The van der Waals surface area contributed by atoms with Crippen LogP contribution in [0.3, 0.4) is 0 Å². The van der Waals surface area contributed by atoms with Crippen molar-refractivity contribution < 1.29 is 14.3 Å². The lowest BCUT2D eigenvalue weighted by molar-refractivity contribution is -0.126. The number of hydrogen-bond acceptors (Lipinski definition) is 3. The molecule has 3 rings (SSSR count). The van der Waals surface area contributed by atoms with Crippen molar-refractivity contribution in [1.82, 2.24) is 5.32 Å². The minimum Gasteiger partial charge on any atom is -0.494 e. The average molecular weight is 373 g/mol. The summed E-state index contributed by atoms with van der Waals surface area (Å²) in [6.07, 6.45) is 0.210. The van der Waals surface area contributed by atoms with E-state index in [1.807, 2.05) is 49.4 Å². The molecule has 1 aliphatic rings. The number of halogens is 1. The number of ether oxygens (including phenoxy) is 1. The SMILES string of the molecule is CCOc1ccc(N2C[C@H](C(=O)NCc3ccccc3Cl)CC2=O)cc1. The maximum absolute atomic E-state index is 12.4. The van der Waals surface area contributed by atoms with E-state index in [2.05, 4.69) is 5.32 Å². The molecule has 1 saturated heterocycles. The molecule has 6 heteroatoms. The van der Waals surface area contributed by atoms with E-state index in [-0.39, 0.29) is 24.2 Å². The quantitative estimate of drug-likeness (QED) is 0.845. The summed E-state index contributed by atoms with van der Waals surface area (Å²) in [5.74, 6) is 0.215. The molecule has 1 aliphatic heterocycles. The molecule has 0 saturated carbocycles. The summed E-state index contributed by atoms with van der Waals surface area (Å²) in [6, 6.07) is 14.7. The molecule has 2 aromatic rings. The first-order valence-corrected chi connectivity index (χ1v) is 9.00. The van der Waals surface area contributed by atoms with Crippen LogP contribution in [-0.4, -0.2) is 25.0 Å². The summed E-state index contributed by atoms with van der Waals surface area (Å²) in [4.78, 5) is 26.4. The number of benzene rings is 2. The van der Waals surface area contributed by atoms with Gasteiger partial charge in [-0.1, -0.05) is 29.8 Å². The molecule has 26 heavy (non-hydrogen) atoms. The van der Waals surface area contributed by atoms with Gasteiger partial charge in [0.1, 0.15) is 5.75 Å². The van der Waals surface area contributed by atoms with Crippen LogP contribution in [-0.2, 0) is 16.1 Å². The second kappa shape index (κ2) is 8.23. The van der Waals surface area contributed by atoms with E-state index < -0.39 is 0 Å². The molecule has 0 aliphatic carbocycles. The van der Waals surface area contributed by atoms with Crippen molar-refractivity contribution in [3.05, 3.63) is 59.1 Å². The second-order valence-corrected chi connectivity index (χ2v) is 6.55. The largest absolute Gasteiger partial charge is 0.494 e. The Balaban J connectivity index is 1.60. The minimum absolute atomic E-state index is 0.0490. The number of anilines is 1. The van der Waals surface area contributed by atoms with Gasteiger partial charge in [-0.05, 0) is 42.8 Å². The van der Waals surface area contributed by atoms with Gasteiger partial charge in [-0.3, -0.25) is 9.59 Å². The zero-order chi connectivity index (χ0) is 18.5. The van der Waals surface area contributed by atoms with E-state index in [4.69, 9.17) is 16.3 Å². The number of nitrogens with one attached hydrogen (secondary N) is 1. The molecule has 0 unspecified atom stereocenters. The first kappa shape index (κ1) is 18.3. The van der Waals surface area contributed by atoms with Crippen LogP contribution in [0.1, 0.15) is 18.9 Å². The fourth-order valence-corrected chi connectivity index (χ4v) is 3.19. The highest BCUT2D eigenvalue weighted by Crippen LogP contribution is 2.27. The molecule has 1 N–H and O–H groups in total. The second-order valence-electron chi connectivity index (χ2n) is 6.14. The van der Waals surface area contributed by atoms with Crippen LogP contribution < -0.4 is 15.0 Å². The Kier molecular flexibility index (Phi) is 5.78. The normalized spacial score (nSPS) is 16.6. The van der Waals surface area contributed by atoms with Gasteiger partial charge < -0.3 is 15.0 Å². The number of rotatable bonds is 6. The molecule has 2 aromatic carbocycles. The molecule has 136 valence electrons. The van der Waals surface area contributed by atoms with Gasteiger partial charge in [0, 0.05) is 30.2 Å². The fraction of sp³-hybridized carbons (Fsp3) is 0.300. The van der Waals surface area contributed by atoms with Crippen molar-refractivity contribution in [2.24, 2.45) is 5.92 Å². The smallest absolute Gasteiger partial charge is 0.227 e. The number of amides is 2. The van der Waals surface area contributed by atoms with Crippen molar-refractivity contribution in [3.63, 3.8) is 0 Å². The van der Waals surface area contributed by atoms with Gasteiger partial charge in [-0.15, -0.1) is 0 Å². The standard InChI is InChI=1S/C20H21ClN2O3/c1-2-26-17-9-7-16(8-10-17)23-13-15(11-19(23)24)20(25)22-12-14-5-3-4-6-18(14)21/h3-10,15H,2,11-13H2,1H3,(H,22,25)/t15-/m1/s1. The van der Waals surface area contributed by atoms with Crippen LogP contribution in [0.5, 0.6) is 5.75 Å². The molecule has 1 heterocycles. The van der Waals surface area contributed by atoms with E-state index in [0.717, 1.165) is 17.0 Å². The predicted octanol–water partition coefficient (Wildman–Crippen LogP) is 3.41. The zero-order valence-electron chi connectivity index (χ0n) is 14.6. The highest BCUT2D eigenvalue weighted by Gasteiger charge is 2.35. The van der Waals surface area contributed by atoms with Gasteiger partial charge >= 0.3 is 0 Å². The van der Waals surface area contributed by atoms with Crippen LogP contribution in [0.2, 0.25) is 5.02 Å². The lowest BCUT2D eigenvalue weighted by Crippen LogP contribution is -2.32. The fourth-order valence-electron chi connectivity index (χ4n) is 2.99. The summed E-state index contributed by atoms with van der Waals surface area (Å²) >= 11 is 6.11. The number of carbonyl (C=O) groups excluding carboxylic acids is 2. The highest BCUT2D eigenvalue weighted by atomic mass is 35.5. The molecule has 5 nitrogen and oxygen atoms in total. The average Bonchev–Trinajstić information content (AvgIpc) is 3.03. The van der Waals surface area contributed by atoms with E-state index in [0.29, 0.717) is 24.7 Å². The van der Waals surface area contributed by atoms with Gasteiger partial charge in [-0.25, -0.2) is 0 Å². The first-order chi connectivity index (χ1) is 12.6. The van der Waals surface area contributed by atoms with Crippen LogP contribution >= 0.6 is 11.6 Å². The van der Waals surface area contributed by atoms with Crippen LogP contribution in [0, 0.1) is 5.92 Å². The zero-order valence-corrected chi connectivity index (χ0v) is 15.3. The van der Waals surface area contributed by atoms with Gasteiger partial charge in [0.05, 0.1) is 12.5 Å². The molecular formula is C20H21ClN2O3. The topological polar surface area (TPSA) is 58.6 Å². The highest BCUT2D eigenvalue weighted by molar-refractivity contribution is 6.31. The Morgan fingerprint density at radius 1 is 1.23 bits per heavy atom. The lowest BCUT2D eigenvalue weighted by Gasteiger charge is -2.17. The Hall–Kier alpha value is -2.53. The van der Waals surface area contributed by atoms with E-state index >= 15 is 0 Å². The third kappa shape index (κ3) is 4.17. The maximum atomic E-state index is 12.4. The monoisotopic (exact) mass is 372 g/mol. The van der Waals surface area contributed by atoms with Crippen molar-refractivity contribution in [1.29, 1.82) is 0 Å². The van der Waals surface area contributed by atoms with Gasteiger partial charge in [0.2, 0.25) is 11.8 Å². The van der Waals surface area contributed by atoms with Crippen molar-refractivity contribution in [2.75, 3.05) is 18.1 Å². The first-order valence-electron chi connectivity index (χ1n) is 8.63. The van der Waals surface area contributed by atoms with E-state index in [1.54, 1.807) is 11.0 Å². The van der Waals surface area contributed by atoms with Gasteiger partial charge in [0.15, 0.2) is 0 Å². The van der Waals surface area contributed by atoms with Crippen molar-refractivity contribution in [3.8, 4) is 5.75 Å². The summed E-state index contributed by atoms with van der Waals surface area (Å²) in [6.45, 7) is 3.24. The maximum Gasteiger partial charge on any atom is 0.227 e. The van der Waals surface area contributed by atoms with Crippen LogP contribution in [0.4, 0.5) is 5.69 Å². The van der Waals surface area contributed by atoms with E-state index in [1.165, 1.54) is 0 Å². The molecule has 2 amide bonds. The third-order valence-electron chi connectivity index (χ3n) is 4.37. The number of nitrogens with zero attached hydrogens (tertiary/aromatic N) is 1. The summed E-state index contributed by atoms with van der Waals surface area (Å²) in [5.41, 5.74) is 1.63. The molecule has 0 radical (unpaired) electrons. The van der Waals surface area contributed by atoms with Gasteiger partial charge in [0.25, 0.3) is 0 Å². The van der Waals surface area contributed by atoms with Crippen LogP contribution in [0.15, 0.2) is 48.5 Å². The van der Waals surface area contributed by atoms with Crippen molar-refractivity contribution in [2.45, 2.75) is 19.9 Å². The van der Waals surface area contributed by atoms with Crippen LogP contribution in [0.25, 0.3) is 0 Å². The van der Waals surface area contributed by atoms with Gasteiger partial charge in [-0.2, -0.15) is 0 Å². The molecule has 1 fully saturated rings. The number of hydrogen-bond donors (Lipinski definition) is 1. The Morgan fingerprint density at radius 2 is 1.96 bits per heavy atom. The number of carbonyl (C=O) groups is 2. The Labute approximate surface area is 157 Å². The third-order valence-corrected chi connectivity index (χ3v) is 4.73. The summed E-state index contributed by atoms with van der Waals surface area (Å²) in [5, 5.41) is 3.49. The predicted molar refractivity (Wildman–Crippen MR) is 101 cm³/mol. The lowest BCUT2D eigenvalue weighted by atomic mass is 10.1. The Bertz CT molecular complexity index is 792. The summed E-state index contributed by atoms with van der Waals surface area (Å²) < 4.78 is 5.41. The molecular weight excluding hydrogens is 352 g/mol. The molecule has 0 aromatic heterocycles.